The van der Waals surface area contributed by atoms with Gasteiger partial charge in [-0.15, -0.1) is 0 Å². The van der Waals surface area contributed by atoms with Crippen molar-refractivity contribution < 1.29 is 18.7 Å². The van der Waals surface area contributed by atoms with E-state index in [0.29, 0.717) is 27.5 Å². The van der Waals surface area contributed by atoms with E-state index in [0.717, 1.165) is 0 Å². The summed E-state index contributed by atoms with van der Waals surface area (Å²) >= 11 is 0. The second-order valence-corrected chi connectivity index (χ2v) is 6.12. The van der Waals surface area contributed by atoms with E-state index in [1.807, 2.05) is 0 Å². The van der Waals surface area contributed by atoms with Crippen molar-refractivity contribution in [1.82, 2.24) is 9.55 Å². The predicted molar refractivity (Wildman–Crippen MR) is 95.0 cm³/mol. The minimum Gasteiger partial charge on any atom is -0.392 e. The number of halogens is 2. The van der Waals surface area contributed by atoms with Gasteiger partial charge in [-0.05, 0) is 30.3 Å². The quantitative estimate of drug-likeness (QED) is 0.525. The molecule has 0 radical (unpaired) electrons. The first kappa shape index (κ1) is 16.3. The minimum atomic E-state index is -0.575. The molecule has 0 spiro atoms. The molecule has 132 valence electrons. The Bertz CT molecular complexity index is 1160. The van der Waals surface area contributed by atoms with Crippen LogP contribution in [-0.4, -0.2) is 20.6 Å². The van der Waals surface area contributed by atoms with Crippen LogP contribution in [0.1, 0.15) is 15.9 Å². The summed E-state index contributed by atoms with van der Waals surface area (Å²) in [6.45, 7) is -0.421. The Kier molecular flexibility index (Phi) is 3.73. The maximum atomic E-state index is 14.1. The third-order valence-corrected chi connectivity index (χ3v) is 4.46. The molecule has 0 saturated heterocycles. The molecule has 0 saturated carbocycles. The van der Waals surface area contributed by atoms with E-state index in [1.165, 1.54) is 24.3 Å². The third-order valence-electron chi connectivity index (χ3n) is 4.46. The molecule has 0 bridgehead atoms. The lowest BCUT2D eigenvalue weighted by Crippen LogP contribution is -2.11. The molecule has 4 rings (SSSR count). The number of anilines is 1. The lowest BCUT2D eigenvalue weighted by Gasteiger charge is -2.04. The summed E-state index contributed by atoms with van der Waals surface area (Å²) in [5, 5.41) is 12.9. The number of aromatic amines is 1. The number of rotatable bonds is 3. The van der Waals surface area contributed by atoms with Crippen LogP contribution in [0.5, 0.6) is 0 Å². The van der Waals surface area contributed by atoms with Crippen LogP contribution in [0, 0.1) is 11.6 Å². The van der Waals surface area contributed by atoms with E-state index < -0.39 is 24.1 Å². The Hall–Kier alpha value is -3.19. The van der Waals surface area contributed by atoms with Crippen LogP contribution in [0.3, 0.4) is 0 Å². The average Bonchev–Trinajstić information content (AvgIpc) is 3.15. The van der Waals surface area contributed by atoms with Crippen molar-refractivity contribution in [3.63, 3.8) is 0 Å². The molecular weight excluding hydrogens is 340 g/mol. The molecule has 0 aliphatic heterocycles. The zero-order chi connectivity index (χ0) is 18.4. The zero-order valence-electron chi connectivity index (χ0n) is 13.8. The fraction of sp³-hybridized carbons (Fsp3) is 0.105. The molecule has 2 aromatic heterocycles. The molecule has 0 aliphatic rings. The summed E-state index contributed by atoms with van der Waals surface area (Å²) in [5.41, 5.74) is 2.21. The van der Waals surface area contributed by atoms with E-state index in [1.54, 1.807) is 30.1 Å². The first-order chi connectivity index (χ1) is 12.5. The molecule has 0 atom stereocenters. The summed E-state index contributed by atoms with van der Waals surface area (Å²) < 4.78 is 29.2. The smallest absolute Gasteiger partial charge is 0.257 e. The number of aryl methyl sites for hydroxylation is 1. The van der Waals surface area contributed by atoms with Crippen LogP contribution in [-0.2, 0) is 13.7 Å². The number of nitrogens with one attached hydrogen (secondary N) is 2. The molecule has 0 aliphatic carbocycles. The number of aliphatic hydroxyl groups is 1. The number of amides is 1. The Morgan fingerprint density at radius 2 is 2.04 bits per heavy atom. The zero-order valence-corrected chi connectivity index (χ0v) is 13.8. The van der Waals surface area contributed by atoms with Crippen molar-refractivity contribution in [2.24, 2.45) is 7.05 Å². The number of H-pyrrole nitrogens is 1. The van der Waals surface area contributed by atoms with Crippen molar-refractivity contribution >= 4 is 33.4 Å². The largest absolute Gasteiger partial charge is 0.392 e. The average molecular weight is 355 g/mol. The highest BCUT2D eigenvalue weighted by Crippen LogP contribution is 2.28. The molecule has 2 aromatic carbocycles. The van der Waals surface area contributed by atoms with Gasteiger partial charge in [0.1, 0.15) is 11.6 Å². The van der Waals surface area contributed by atoms with E-state index in [-0.39, 0.29) is 11.1 Å². The second kappa shape index (κ2) is 5.96. The second-order valence-electron chi connectivity index (χ2n) is 6.12. The topological polar surface area (TPSA) is 70.0 Å². The van der Waals surface area contributed by atoms with E-state index >= 15 is 0 Å². The van der Waals surface area contributed by atoms with Crippen LogP contribution in [0.15, 0.2) is 42.7 Å². The first-order valence-electron chi connectivity index (χ1n) is 7.94. The van der Waals surface area contributed by atoms with Crippen LogP contribution in [0.25, 0.3) is 21.8 Å². The summed E-state index contributed by atoms with van der Waals surface area (Å²) in [6.07, 6.45) is 3.17. The van der Waals surface area contributed by atoms with Gasteiger partial charge in [0.05, 0.1) is 17.9 Å². The van der Waals surface area contributed by atoms with Gasteiger partial charge in [-0.3, -0.25) is 4.79 Å². The molecule has 3 N–H and O–H groups in total. The summed E-state index contributed by atoms with van der Waals surface area (Å²) in [4.78, 5) is 15.7. The summed E-state index contributed by atoms with van der Waals surface area (Å²) in [6, 6.07) is 7.01. The highest BCUT2D eigenvalue weighted by Gasteiger charge is 2.18. The van der Waals surface area contributed by atoms with Crippen molar-refractivity contribution in [2.75, 3.05) is 5.32 Å². The Morgan fingerprint density at radius 3 is 2.81 bits per heavy atom. The number of aliphatic hydroxyl groups excluding tert-OH is 1. The molecule has 4 aromatic rings. The first-order valence-corrected chi connectivity index (χ1v) is 7.94. The van der Waals surface area contributed by atoms with Crippen molar-refractivity contribution in [3.05, 3.63) is 65.5 Å². The van der Waals surface area contributed by atoms with Gasteiger partial charge >= 0.3 is 0 Å². The molecule has 5 nitrogen and oxygen atoms in total. The molecule has 2 heterocycles. The van der Waals surface area contributed by atoms with Gasteiger partial charge in [-0.2, -0.15) is 0 Å². The number of nitrogens with zero attached hydrogens (tertiary/aromatic N) is 1. The maximum Gasteiger partial charge on any atom is 0.257 e. The van der Waals surface area contributed by atoms with E-state index in [9.17, 15) is 18.7 Å². The number of carbonyl (C=O) groups excluding carboxylic acids is 1. The molecular formula is C19H15F2N3O2. The van der Waals surface area contributed by atoms with Crippen LogP contribution in [0.2, 0.25) is 0 Å². The molecule has 1 amide bonds. The molecule has 7 heteroatoms. The normalized spacial score (nSPS) is 11.4. The monoisotopic (exact) mass is 355 g/mol. The van der Waals surface area contributed by atoms with Crippen molar-refractivity contribution in [2.45, 2.75) is 6.61 Å². The Morgan fingerprint density at radius 1 is 1.23 bits per heavy atom. The molecule has 26 heavy (non-hydrogen) atoms. The van der Waals surface area contributed by atoms with Gasteiger partial charge in [0.2, 0.25) is 0 Å². The Balaban J connectivity index is 1.76. The van der Waals surface area contributed by atoms with Gasteiger partial charge in [0.15, 0.2) is 0 Å². The van der Waals surface area contributed by atoms with Crippen LogP contribution < -0.4 is 5.32 Å². The number of carbonyl (C=O) groups is 1. The number of hydrogen-bond acceptors (Lipinski definition) is 2. The number of hydrogen-bond donors (Lipinski definition) is 3. The highest BCUT2D eigenvalue weighted by molar-refractivity contribution is 6.15. The van der Waals surface area contributed by atoms with Gasteiger partial charge in [-0.1, -0.05) is 0 Å². The fourth-order valence-electron chi connectivity index (χ4n) is 3.13. The van der Waals surface area contributed by atoms with E-state index in [4.69, 9.17) is 0 Å². The summed E-state index contributed by atoms with van der Waals surface area (Å²) in [7, 11) is 1.74. The van der Waals surface area contributed by atoms with Gasteiger partial charge in [0.25, 0.3) is 5.91 Å². The van der Waals surface area contributed by atoms with Gasteiger partial charge in [-0.25, -0.2) is 8.78 Å². The highest BCUT2D eigenvalue weighted by atomic mass is 19.1. The third kappa shape index (κ3) is 2.53. The molecule has 0 unspecified atom stereocenters. The fourth-order valence-corrected chi connectivity index (χ4v) is 3.13. The lowest BCUT2D eigenvalue weighted by molar-refractivity contribution is 0.102. The number of aromatic nitrogens is 2. The molecule has 0 fully saturated rings. The van der Waals surface area contributed by atoms with Gasteiger partial charge < -0.3 is 20.0 Å². The van der Waals surface area contributed by atoms with Crippen LogP contribution in [0.4, 0.5) is 14.5 Å². The number of fused-ring (bicyclic) bond motifs is 2. The van der Waals surface area contributed by atoms with Crippen molar-refractivity contribution in [1.29, 1.82) is 0 Å². The minimum absolute atomic E-state index is 0.165. The number of benzene rings is 2. The van der Waals surface area contributed by atoms with Crippen LogP contribution >= 0.6 is 0 Å². The SMILES string of the molecule is Cn1cc(C(=O)Nc2c[nH]c3ccc(F)cc23)c2cc(F)c(CO)cc21. The summed E-state index contributed by atoms with van der Waals surface area (Å²) in [5.74, 6) is -1.41. The predicted octanol–water partition coefficient (Wildman–Crippen LogP) is 3.68. The lowest BCUT2D eigenvalue weighted by atomic mass is 10.1. The van der Waals surface area contributed by atoms with E-state index in [2.05, 4.69) is 10.3 Å². The van der Waals surface area contributed by atoms with Gasteiger partial charge in [0, 0.05) is 46.8 Å². The maximum absolute atomic E-state index is 14.1. The Labute approximate surface area is 146 Å². The standard InChI is InChI=1S/C19H15F2N3O2/c1-24-8-14(12-6-15(21)10(9-25)4-18(12)24)19(26)23-17-7-22-16-3-2-11(20)5-13(16)17/h2-8,22,25H,9H2,1H3,(H,23,26). The van der Waals surface area contributed by atoms with Crippen molar-refractivity contribution in [3.8, 4) is 0 Å².